The summed E-state index contributed by atoms with van der Waals surface area (Å²) in [6.45, 7) is 0.502. The van der Waals surface area contributed by atoms with Gasteiger partial charge in [0.15, 0.2) is 6.07 Å². The molecule has 2 aromatic carbocycles. The average Bonchev–Trinajstić information content (AvgIpc) is 2.65. The van der Waals surface area contributed by atoms with E-state index in [9.17, 15) is 8.42 Å². The first-order valence-corrected chi connectivity index (χ1v) is 9.66. The first-order chi connectivity index (χ1) is 12.9. The predicted molar refractivity (Wildman–Crippen MR) is 104 cm³/mol. The smallest absolute Gasteiger partial charge is 0.264 e. The summed E-state index contributed by atoms with van der Waals surface area (Å²) in [6, 6.07) is 16.2. The van der Waals surface area contributed by atoms with Gasteiger partial charge in [-0.3, -0.25) is 4.55 Å². The van der Waals surface area contributed by atoms with Crippen LogP contribution in [0.1, 0.15) is 12.0 Å². The van der Waals surface area contributed by atoms with E-state index in [0.29, 0.717) is 24.3 Å². The van der Waals surface area contributed by atoms with E-state index in [0.717, 1.165) is 11.3 Å². The zero-order valence-corrected chi connectivity index (χ0v) is 15.5. The molecule has 0 saturated heterocycles. The summed E-state index contributed by atoms with van der Waals surface area (Å²) >= 11 is 0. The van der Waals surface area contributed by atoms with Crippen LogP contribution in [0.25, 0.3) is 0 Å². The van der Waals surface area contributed by atoms with Crippen molar-refractivity contribution in [1.29, 1.82) is 5.26 Å². The summed E-state index contributed by atoms with van der Waals surface area (Å²) in [5.41, 5.74) is 2.99. The molecule has 0 aliphatic carbocycles. The summed E-state index contributed by atoms with van der Waals surface area (Å²) in [5, 5.41) is 16.7. The number of hydrogen-bond acceptors (Lipinski definition) is 6. The third kappa shape index (κ3) is 7.28. The lowest BCUT2D eigenvalue weighted by molar-refractivity contribution is 0.481. The molecule has 7 nitrogen and oxygen atoms in total. The molecule has 27 heavy (non-hydrogen) atoms. The first kappa shape index (κ1) is 20.1. The third-order valence-corrected chi connectivity index (χ3v) is 4.40. The second kappa shape index (κ2) is 9.48. The number of anilines is 1. The van der Waals surface area contributed by atoms with E-state index in [1.165, 1.54) is 0 Å². The molecule has 0 radical (unpaired) electrons. The monoisotopic (exact) mass is 382 g/mol. The van der Waals surface area contributed by atoms with Crippen LogP contribution in [0.3, 0.4) is 0 Å². The van der Waals surface area contributed by atoms with Crippen molar-refractivity contribution in [1.82, 2.24) is 0 Å². The Morgan fingerprint density at radius 1 is 1.04 bits per heavy atom. The van der Waals surface area contributed by atoms with Crippen LogP contribution >= 0.6 is 0 Å². The normalized spacial score (nSPS) is 10.9. The number of nitriles is 1. The number of nitrogens with zero attached hydrogens (tertiary/aromatic N) is 4. The Bertz CT molecular complexity index is 996. The van der Waals surface area contributed by atoms with E-state index >= 15 is 0 Å². The Balaban J connectivity index is 1.94. The van der Waals surface area contributed by atoms with Crippen molar-refractivity contribution in [3.05, 3.63) is 54.1 Å². The fourth-order valence-corrected chi connectivity index (χ4v) is 2.71. The molecule has 1 N–H and O–H groups in total. The predicted octanol–water partition coefficient (Wildman–Crippen LogP) is 3.69. The highest BCUT2D eigenvalue weighted by Crippen LogP contribution is 2.22. The van der Waals surface area contributed by atoms with Crippen molar-refractivity contribution >= 4 is 27.2 Å². The standard InChI is InChI=1S/C19H18N4O3S/c1-23(14-3-15-27(24,25)26)19-11-9-18(10-12-19)22-21-17-7-5-16(6-8-17)4-2-13-20/h5-12H,3,14-15H2,1H3,(H,24,25,26). The summed E-state index contributed by atoms with van der Waals surface area (Å²) in [4.78, 5) is 1.90. The summed E-state index contributed by atoms with van der Waals surface area (Å²) < 4.78 is 30.2. The molecular weight excluding hydrogens is 364 g/mol. The molecule has 8 heteroatoms. The van der Waals surface area contributed by atoms with E-state index in [2.05, 4.69) is 22.1 Å². The topological polar surface area (TPSA) is 106 Å². The highest BCUT2D eigenvalue weighted by Gasteiger charge is 2.06. The van der Waals surface area contributed by atoms with Crippen LogP contribution in [0, 0.1) is 23.2 Å². The van der Waals surface area contributed by atoms with E-state index in [4.69, 9.17) is 9.81 Å². The Morgan fingerprint density at radius 3 is 2.11 bits per heavy atom. The molecule has 0 atom stereocenters. The molecule has 2 aromatic rings. The number of hydrogen-bond donors (Lipinski definition) is 1. The minimum absolute atomic E-state index is 0.259. The van der Waals surface area contributed by atoms with Crippen LogP contribution in [-0.4, -0.2) is 32.3 Å². The van der Waals surface area contributed by atoms with Crippen molar-refractivity contribution in [2.45, 2.75) is 6.42 Å². The molecule has 2 rings (SSSR count). The minimum Gasteiger partial charge on any atom is -0.375 e. The van der Waals surface area contributed by atoms with Gasteiger partial charge in [0, 0.05) is 30.8 Å². The van der Waals surface area contributed by atoms with Gasteiger partial charge in [0.05, 0.1) is 17.1 Å². The fraction of sp³-hybridized carbons (Fsp3) is 0.211. The maximum Gasteiger partial charge on any atom is 0.264 e. The largest absolute Gasteiger partial charge is 0.375 e. The molecule has 0 bridgehead atoms. The van der Waals surface area contributed by atoms with Crippen LogP contribution in [0.15, 0.2) is 58.8 Å². The molecule has 0 saturated carbocycles. The Labute approximate surface area is 158 Å². The minimum atomic E-state index is -3.93. The van der Waals surface area contributed by atoms with Gasteiger partial charge in [-0.25, -0.2) is 0 Å². The highest BCUT2D eigenvalue weighted by atomic mass is 32.2. The van der Waals surface area contributed by atoms with Crippen molar-refractivity contribution in [2.24, 2.45) is 10.2 Å². The SMILES string of the molecule is CN(CCCS(=O)(=O)O)c1ccc(N=Nc2ccc(C#CC#N)cc2)cc1. The molecule has 0 unspecified atom stereocenters. The molecule has 0 fully saturated rings. The van der Waals surface area contributed by atoms with Gasteiger partial charge in [0.1, 0.15) is 0 Å². The number of rotatable bonds is 7. The van der Waals surface area contributed by atoms with Crippen LogP contribution < -0.4 is 4.90 Å². The maximum absolute atomic E-state index is 10.7. The lowest BCUT2D eigenvalue weighted by atomic mass is 10.2. The van der Waals surface area contributed by atoms with E-state index in [1.54, 1.807) is 30.3 Å². The van der Waals surface area contributed by atoms with Gasteiger partial charge in [-0.15, -0.1) is 0 Å². The Morgan fingerprint density at radius 2 is 1.59 bits per heavy atom. The van der Waals surface area contributed by atoms with Gasteiger partial charge in [-0.2, -0.15) is 23.9 Å². The van der Waals surface area contributed by atoms with Gasteiger partial charge in [-0.05, 0) is 55.0 Å². The van der Waals surface area contributed by atoms with Gasteiger partial charge < -0.3 is 4.90 Å². The maximum atomic E-state index is 10.7. The Hall–Kier alpha value is -3.20. The van der Waals surface area contributed by atoms with Crippen LogP contribution in [0.2, 0.25) is 0 Å². The summed E-state index contributed by atoms with van der Waals surface area (Å²) in [6.07, 6.45) is 0.339. The van der Waals surface area contributed by atoms with E-state index in [-0.39, 0.29) is 5.75 Å². The lowest BCUT2D eigenvalue weighted by Crippen LogP contribution is -2.20. The van der Waals surface area contributed by atoms with Gasteiger partial charge in [0.2, 0.25) is 0 Å². The van der Waals surface area contributed by atoms with Gasteiger partial charge in [0.25, 0.3) is 10.1 Å². The zero-order valence-electron chi connectivity index (χ0n) is 14.7. The van der Waals surface area contributed by atoms with Gasteiger partial charge >= 0.3 is 0 Å². The molecule has 0 heterocycles. The van der Waals surface area contributed by atoms with Crippen molar-refractivity contribution < 1.29 is 13.0 Å². The zero-order chi connectivity index (χ0) is 19.7. The molecule has 138 valence electrons. The summed E-state index contributed by atoms with van der Waals surface area (Å²) in [7, 11) is -2.08. The van der Waals surface area contributed by atoms with Crippen molar-refractivity contribution in [3.8, 4) is 17.9 Å². The quantitative estimate of drug-likeness (QED) is 0.446. The molecule has 0 aromatic heterocycles. The van der Waals surface area contributed by atoms with Crippen molar-refractivity contribution in [2.75, 3.05) is 24.2 Å². The molecule has 0 amide bonds. The average molecular weight is 382 g/mol. The van der Waals surface area contributed by atoms with Crippen LogP contribution in [0.4, 0.5) is 17.1 Å². The molecule has 0 aliphatic heterocycles. The molecule has 0 spiro atoms. The van der Waals surface area contributed by atoms with Crippen LogP contribution in [-0.2, 0) is 10.1 Å². The fourth-order valence-electron chi connectivity index (χ4n) is 2.21. The van der Waals surface area contributed by atoms with Crippen LogP contribution in [0.5, 0.6) is 0 Å². The second-order valence-corrected chi connectivity index (χ2v) is 7.26. The van der Waals surface area contributed by atoms with Crippen molar-refractivity contribution in [3.63, 3.8) is 0 Å². The number of azo groups is 1. The molecule has 0 aliphatic rings. The lowest BCUT2D eigenvalue weighted by Gasteiger charge is -2.18. The number of benzene rings is 2. The van der Waals surface area contributed by atoms with Gasteiger partial charge in [-0.1, -0.05) is 5.92 Å². The second-order valence-electron chi connectivity index (χ2n) is 5.69. The third-order valence-electron chi connectivity index (χ3n) is 3.60. The Kier molecular flexibility index (Phi) is 7.07. The summed E-state index contributed by atoms with van der Waals surface area (Å²) in [5.74, 6) is 4.77. The van der Waals surface area contributed by atoms with E-state index in [1.807, 2.05) is 36.2 Å². The first-order valence-electron chi connectivity index (χ1n) is 8.06. The van der Waals surface area contributed by atoms with E-state index < -0.39 is 10.1 Å². The highest BCUT2D eigenvalue weighted by molar-refractivity contribution is 7.85. The molecular formula is C19H18N4O3S.